The molecule has 0 spiro atoms. The number of benzene rings is 2. The van der Waals surface area contributed by atoms with Crippen LogP contribution in [0.1, 0.15) is 35.3 Å². The molecule has 0 aromatic heterocycles. The molecule has 0 bridgehead atoms. The Morgan fingerprint density at radius 1 is 1.00 bits per heavy atom. The maximum atomic E-state index is 12.5. The van der Waals surface area contributed by atoms with Crippen molar-refractivity contribution in [3.63, 3.8) is 0 Å². The highest BCUT2D eigenvalue weighted by Crippen LogP contribution is 2.34. The molecule has 2 aromatic rings. The van der Waals surface area contributed by atoms with Crippen LogP contribution in [-0.2, 0) is 0 Å². The molecular weight excluding hydrogens is 302 g/mol. The first kappa shape index (κ1) is 16.4. The Hall–Kier alpha value is -2.49. The van der Waals surface area contributed by atoms with Gasteiger partial charge in [0.25, 0.3) is 5.91 Å². The fourth-order valence-electron chi connectivity index (χ4n) is 2.62. The lowest BCUT2D eigenvalue weighted by molar-refractivity contribution is 0.102. The standard InChI is InChI=1S/C20H23NO3/c1-13-5-7-16(14(2)9-13)21-19(22)15-6-8-17-18(10-15)24-12-20(3,4)11-23-17/h5-10H,11-12H2,1-4H3,(H,21,22). The molecule has 4 nitrogen and oxygen atoms in total. The van der Waals surface area contributed by atoms with Crippen molar-refractivity contribution in [2.24, 2.45) is 5.41 Å². The molecule has 24 heavy (non-hydrogen) atoms. The number of aryl methyl sites for hydroxylation is 2. The van der Waals surface area contributed by atoms with Crippen molar-refractivity contribution in [2.45, 2.75) is 27.7 Å². The maximum Gasteiger partial charge on any atom is 0.255 e. The zero-order chi connectivity index (χ0) is 17.3. The molecule has 3 rings (SSSR count). The van der Waals surface area contributed by atoms with Gasteiger partial charge in [-0.2, -0.15) is 0 Å². The van der Waals surface area contributed by atoms with E-state index in [2.05, 4.69) is 19.2 Å². The van der Waals surface area contributed by atoms with Crippen molar-refractivity contribution < 1.29 is 14.3 Å². The lowest BCUT2D eigenvalue weighted by Gasteiger charge is -2.19. The van der Waals surface area contributed by atoms with Gasteiger partial charge in [-0.15, -0.1) is 0 Å². The smallest absolute Gasteiger partial charge is 0.255 e. The number of hydrogen-bond donors (Lipinski definition) is 1. The van der Waals surface area contributed by atoms with Crippen LogP contribution in [0, 0.1) is 19.3 Å². The third-order valence-electron chi connectivity index (χ3n) is 4.07. The van der Waals surface area contributed by atoms with E-state index in [0.29, 0.717) is 30.3 Å². The summed E-state index contributed by atoms with van der Waals surface area (Å²) in [4.78, 5) is 12.5. The van der Waals surface area contributed by atoms with E-state index in [9.17, 15) is 4.79 Å². The second-order valence-corrected chi connectivity index (χ2v) is 7.18. The molecule has 1 N–H and O–H groups in total. The van der Waals surface area contributed by atoms with Crippen molar-refractivity contribution in [1.29, 1.82) is 0 Å². The van der Waals surface area contributed by atoms with Crippen LogP contribution < -0.4 is 14.8 Å². The van der Waals surface area contributed by atoms with Crippen molar-refractivity contribution in [1.82, 2.24) is 0 Å². The Kier molecular flexibility index (Phi) is 4.22. The predicted octanol–water partition coefficient (Wildman–Crippen LogP) is 4.35. The summed E-state index contributed by atoms with van der Waals surface area (Å²) in [7, 11) is 0. The van der Waals surface area contributed by atoms with Crippen molar-refractivity contribution >= 4 is 11.6 Å². The zero-order valence-electron chi connectivity index (χ0n) is 14.6. The highest BCUT2D eigenvalue weighted by atomic mass is 16.5. The average molecular weight is 325 g/mol. The van der Waals surface area contributed by atoms with Crippen LogP contribution in [0.4, 0.5) is 5.69 Å². The maximum absolute atomic E-state index is 12.5. The van der Waals surface area contributed by atoms with Crippen LogP contribution >= 0.6 is 0 Å². The van der Waals surface area contributed by atoms with Crippen molar-refractivity contribution in [2.75, 3.05) is 18.5 Å². The molecule has 0 saturated carbocycles. The van der Waals surface area contributed by atoms with E-state index in [-0.39, 0.29) is 11.3 Å². The first-order valence-corrected chi connectivity index (χ1v) is 8.12. The van der Waals surface area contributed by atoms with E-state index in [1.165, 1.54) is 5.56 Å². The van der Waals surface area contributed by atoms with E-state index in [1.807, 2.05) is 32.0 Å². The molecule has 0 radical (unpaired) electrons. The summed E-state index contributed by atoms with van der Waals surface area (Å²) in [5.41, 5.74) is 3.53. The lowest BCUT2D eigenvalue weighted by atomic mass is 9.97. The molecule has 0 saturated heterocycles. The summed E-state index contributed by atoms with van der Waals surface area (Å²) in [5.74, 6) is 1.15. The molecule has 0 fully saturated rings. The van der Waals surface area contributed by atoms with Crippen LogP contribution in [0.5, 0.6) is 11.5 Å². The Bertz CT molecular complexity index is 780. The molecule has 1 aliphatic rings. The number of hydrogen-bond acceptors (Lipinski definition) is 3. The molecule has 0 unspecified atom stereocenters. The minimum atomic E-state index is -0.156. The minimum Gasteiger partial charge on any atom is -0.489 e. The van der Waals surface area contributed by atoms with E-state index in [0.717, 1.165) is 11.3 Å². The lowest BCUT2D eigenvalue weighted by Crippen LogP contribution is -2.26. The average Bonchev–Trinajstić information content (AvgIpc) is 2.68. The van der Waals surface area contributed by atoms with Gasteiger partial charge in [-0.1, -0.05) is 31.5 Å². The van der Waals surface area contributed by atoms with Gasteiger partial charge in [0.15, 0.2) is 11.5 Å². The third kappa shape index (κ3) is 3.53. The summed E-state index contributed by atoms with van der Waals surface area (Å²) >= 11 is 0. The van der Waals surface area contributed by atoms with Gasteiger partial charge in [0.2, 0.25) is 0 Å². The van der Waals surface area contributed by atoms with Crippen LogP contribution in [0.15, 0.2) is 36.4 Å². The Morgan fingerprint density at radius 3 is 2.42 bits per heavy atom. The fourth-order valence-corrected chi connectivity index (χ4v) is 2.62. The quantitative estimate of drug-likeness (QED) is 0.893. The normalized spacial score (nSPS) is 15.5. The van der Waals surface area contributed by atoms with E-state index < -0.39 is 0 Å². The topological polar surface area (TPSA) is 47.6 Å². The highest BCUT2D eigenvalue weighted by Gasteiger charge is 2.25. The fraction of sp³-hybridized carbons (Fsp3) is 0.350. The van der Waals surface area contributed by atoms with Gasteiger partial charge in [0, 0.05) is 16.7 Å². The van der Waals surface area contributed by atoms with Crippen molar-refractivity contribution in [3.8, 4) is 11.5 Å². The van der Waals surface area contributed by atoms with Gasteiger partial charge in [0.05, 0.1) is 13.2 Å². The Balaban J connectivity index is 1.80. The summed E-state index contributed by atoms with van der Waals surface area (Å²) in [5, 5.41) is 2.96. The molecule has 126 valence electrons. The molecule has 1 amide bonds. The minimum absolute atomic E-state index is 0.0551. The zero-order valence-corrected chi connectivity index (χ0v) is 14.6. The van der Waals surface area contributed by atoms with Crippen LogP contribution in [0.2, 0.25) is 0 Å². The summed E-state index contributed by atoms with van der Waals surface area (Å²) in [6.07, 6.45) is 0. The second-order valence-electron chi connectivity index (χ2n) is 7.18. The number of anilines is 1. The number of ether oxygens (including phenoxy) is 2. The molecule has 1 aliphatic heterocycles. The second kappa shape index (κ2) is 6.19. The molecule has 0 atom stereocenters. The largest absolute Gasteiger partial charge is 0.489 e. The molecular formula is C20H23NO3. The number of fused-ring (bicyclic) bond motifs is 1. The van der Waals surface area contributed by atoms with Gasteiger partial charge in [0.1, 0.15) is 0 Å². The van der Waals surface area contributed by atoms with E-state index in [4.69, 9.17) is 9.47 Å². The molecule has 4 heteroatoms. The number of carbonyl (C=O) groups excluding carboxylic acids is 1. The van der Waals surface area contributed by atoms with Gasteiger partial charge in [-0.3, -0.25) is 4.79 Å². The van der Waals surface area contributed by atoms with Crippen LogP contribution in [0.25, 0.3) is 0 Å². The SMILES string of the molecule is Cc1ccc(NC(=O)c2ccc3c(c2)OCC(C)(C)CO3)c(C)c1. The first-order chi connectivity index (χ1) is 11.3. The van der Waals surface area contributed by atoms with Crippen LogP contribution in [0.3, 0.4) is 0 Å². The monoisotopic (exact) mass is 325 g/mol. The van der Waals surface area contributed by atoms with E-state index in [1.54, 1.807) is 18.2 Å². The number of rotatable bonds is 2. The predicted molar refractivity (Wildman–Crippen MR) is 95.1 cm³/mol. The Labute approximate surface area is 142 Å². The number of amides is 1. The molecule has 2 aromatic carbocycles. The summed E-state index contributed by atoms with van der Waals surface area (Å²) in [6, 6.07) is 11.3. The third-order valence-corrected chi connectivity index (χ3v) is 4.07. The Morgan fingerprint density at radius 2 is 1.71 bits per heavy atom. The van der Waals surface area contributed by atoms with Crippen molar-refractivity contribution in [3.05, 3.63) is 53.1 Å². The molecule has 0 aliphatic carbocycles. The summed E-state index contributed by atoms with van der Waals surface area (Å²) < 4.78 is 11.6. The van der Waals surface area contributed by atoms with Crippen LogP contribution in [-0.4, -0.2) is 19.1 Å². The molecule has 1 heterocycles. The van der Waals surface area contributed by atoms with E-state index >= 15 is 0 Å². The van der Waals surface area contributed by atoms with Gasteiger partial charge in [-0.25, -0.2) is 0 Å². The van der Waals surface area contributed by atoms with Gasteiger partial charge >= 0.3 is 0 Å². The first-order valence-electron chi connectivity index (χ1n) is 8.12. The summed E-state index contributed by atoms with van der Waals surface area (Å²) in [6.45, 7) is 9.35. The number of nitrogens with one attached hydrogen (secondary N) is 1. The number of carbonyl (C=O) groups is 1. The van der Waals surface area contributed by atoms with Gasteiger partial charge < -0.3 is 14.8 Å². The van der Waals surface area contributed by atoms with Gasteiger partial charge in [-0.05, 0) is 43.7 Å². The highest BCUT2D eigenvalue weighted by molar-refractivity contribution is 6.05.